The van der Waals surface area contributed by atoms with Gasteiger partial charge in [-0.2, -0.15) is 0 Å². The van der Waals surface area contributed by atoms with E-state index in [2.05, 4.69) is 10.3 Å². The zero-order valence-electron chi connectivity index (χ0n) is 12.1. The fourth-order valence-electron chi connectivity index (χ4n) is 1.96. The van der Waals surface area contributed by atoms with Gasteiger partial charge in [0.15, 0.2) is 0 Å². The number of rotatable bonds is 7. The van der Waals surface area contributed by atoms with Crippen LogP contribution in [-0.4, -0.2) is 34.0 Å². The Morgan fingerprint density at radius 2 is 2.32 bits per heavy atom. The Bertz CT molecular complexity index is 655. The molecule has 0 unspecified atom stereocenters. The van der Waals surface area contributed by atoms with Gasteiger partial charge in [0.1, 0.15) is 5.75 Å². The summed E-state index contributed by atoms with van der Waals surface area (Å²) in [6.07, 6.45) is 5.95. The maximum Gasteiger partial charge on any atom is 0.270 e. The monoisotopic (exact) mass is 304 g/mol. The van der Waals surface area contributed by atoms with Gasteiger partial charge in [-0.3, -0.25) is 14.9 Å². The van der Waals surface area contributed by atoms with Gasteiger partial charge in [0.05, 0.1) is 23.9 Å². The number of imidazole rings is 1. The molecular weight excluding hydrogens is 288 g/mol. The van der Waals surface area contributed by atoms with E-state index in [1.165, 1.54) is 25.3 Å². The minimum atomic E-state index is -0.546. The first kappa shape index (κ1) is 15.5. The third-order valence-corrected chi connectivity index (χ3v) is 3.08. The lowest BCUT2D eigenvalue weighted by Gasteiger charge is -2.09. The number of hydrogen-bond acceptors (Lipinski definition) is 5. The molecule has 1 amide bonds. The zero-order chi connectivity index (χ0) is 15.9. The number of amides is 1. The third-order valence-electron chi connectivity index (χ3n) is 3.08. The summed E-state index contributed by atoms with van der Waals surface area (Å²) < 4.78 is 6.97. The Labute approximate surface area is 126 Å². The predicted octanol–water partition coefficient (Wildman–Crippen LogP) is 1.62. The summed E-state index contributed by atoms with van der Waals surface area (Å²) in [4.78, 5) is 26.3. The molecule has 1 N–H and O–H groups in total. The van der Waals surface area contributed by atoms with Crippen LogP contribution in [0.5, 0.6) is 5.75 Å². The fourth-order valence-corrected chi connectivity index (χ4v) is 1.96. The number of nitro groups is 1. The SMILES string of the molecule is COc1ccc([N+](=O)[O-])cc1C(=O)NCCCn1ccnc1. The van der Waals surface area contributed by atoms with E-state index >= 15 is 0 Å². The number of benzene rings is 1. The number of nitro benzene ring substituents is 1. The molecule has 22 heavy (non-hydrogen) atoms. The number of carbonyl (C=O) groups excluding carboxylic acids is 1. The van der Waals surface area contributed by atoms with Gasteiger partial charge in [-0.25, -0.2) is 4.98 Å². The molecule has 2 rings (SSSR count). The van der Waals surface area contributed by atoms with E-state index in [0.717, 1.165) is 13.0 Å². The van der Waals surface area contributed by atoms with Crippen molar-refractivity contribution < 1.29 is 14.5 Å². The lowest BCUT2D eigenvalue weighted by atomic mass is 10.1. The van der Waals surface area contributed by atoms with Crippen LogP contribution in [0, 0.1) is 10.1 Å². The van der Waals surface area contributed by atoms with Crippen LogP contribution in [0.2, 0.25) is 0 Å². The minimum Gasteiger partial charge on any atom is -0.496 e. The maximum atomic E-state index is 12.1. The predicted molar refractivity (Wildman–Crippen MR) is 78.8 cm³/mol. The molecule has 0 aliphatic rings. The molecule has 8 nitrogen and oxygen atoms in total. The highest BCUT2D eigenvalue weighted by Gasteiger charge is 2.16. The highest BCUT2D eigenvalue weighted by atomic mass is 16.6. The number of methoxy groups -OCH3 is 1. The van der Waals surface area contributed by atoms with E-state index in [9.17, 15) is 14.9 Å². The van der Waals surface area contributed by atoms with Crippen molar-refractivity contribution in [1.29, 1.82) is 0 Å². The smallest absolute Gasteiger partial charge is 0.270 e. The van der Waals surface area contributed by atoms with E-state index in [1.54, 1.807) is 12.5 Å². The number of nitrogens with one attached hydrogen (secondary N) is 1. The largest absolute Gasteiger partial charge is 0.496 e. The molecule has 1 aromatic heterocycles. The molecular formula is C14H16N4O4. The maximum absolute atomic E-state index is 12.1. The molecule has 116 valence electrons. The summed E-state index contributed by atoms with van der Waals surface area (Å²) in [6.45, 7) is 1.18. The van der Waals surface area contributed by atoms with E-state index in [4.69, 9.17) is 4.74 Å². The van der Waals surface area contributed by atoms with Crippen LogP contribution in [0.15, 0.2) is 36.9 Å². The number of hydrogen-bond donors (Lipinski definition) is 1. The number of aromatic nitrogens is 2. The topological polar surface area (TPSA) is 99.3 Å². The Kier molecular flexibility index (Phi) is 5.07. The minimum absolute atomic E-state index is 0.149. The number of ether oxygens (including phenoxy) is 1. The van der Waals surface area contributed by atoms with E-state index in [0.29, 0.717) is 12.3 Å². The van der Waals surface area contributed by atoms with Crippen molar-refractivity contribution in [3.05, 3.63) is 52.6 Å². The first-order valence-electron chi connectivity index (χ1n) is 6.68. The van der Waals surface area contributed by atoms with E-state index < -0.39 is 10.8 Å². The molecule has 0 bridgehead atoms. The lowest BCUT2D eigenvalue weighted by Crippen LogP contribution is -2.25. The second kappa shape index (κ2) is 7.21. The van der Waals surface area contributed by atoms with Crippen molar-refractivity contribution in [2.75, 3.05) is 13.7 Å². The molecule has 0 aliphatic carbocycles. The Hall–Kier alpha value is -2.90. The van der Waals surface area contributed by atoms with Crippen molar-refractivity contribution in [2.24, 2.45) is 0 Å². The fraction of sp³-hybridized carbons (Fsp3) is 0.286. The van der Waals surface area contributed by atoms with Gasteiger partial charge in [0, 0.05) is 37.6 Å². The van der Waals surface area contributed by atoms with Gasteiger partial charge in [-0.1, -0.05) is 0 Å². The molecule has 0 saturated carbocycles. The molecule has 0 radical (unpaired) electrons. The second-order valence-electron chi connectivity index (χ2n) is 4.55. The Balaban J connectivity index is 1.96. The summed E-state index contributed by atoms with van der Waals surface area (Å²) in [5.41, 5.74) is 0.00342. The number of aryl methyl sites for hydroxylation is 1. The van der Waals surface area contributed by atoms with Crippen LogP contribution in [-0.2, 0) is 6.54 Å². The zero-order valence-corrected chi connectivity index (χ0v) is 12.1. The van der Waals surface area contributed by atoms with Gasteiger partial charge in [-0.05, 0) is 12.5 Å². The molecule has 2 aromatic rings. The van der Waals surface area contributed by atoms with Crippen LogP contribution in [0.3, 0.4) is 0 Å². The molecule has 0 aliphatic heterocycles. The van der Waals surface area contributed by atoms with Gasteiger partial charge in [0.2, 0.25) is 0 Å². The molecule has 0 fully saturated rings. The quantitative estimate of drug-likeness (QED) is 0.476. The number of nitrogens with zero attached hydrogens (tertiary/aromatic N) is 3. The molecule has 0 spiro atoms. The van der Waals surface area contributed by atoms with Crippen molar-refractivity contribution in [1.82, 2.24) is 14.9 Å². The average molecular weight is 304 g/mol. The summed E-state index contributed by atoms with van der Waals surface area (Å²) in [5.74, 6) is -0.0936. The van der Waals surface area contributed by atoms with E-state index in [-0.39, 0.29) is 11.3 Å². The molecule has 8 heteroatoms. The Morgan fingerprint density at radius 1 is 1.50 bits per heavy atom. The van der Waals surface area contributed by atoms with E-state index in [1.807, 2.05) is 10.8 Å². The van der Waals surface area contributed by atoms with Crippen molar-refractivity contribution >= 4 is 11.6 Å². The molecule has 1 heterocycles. The van der Waals surface area contributed by atoms with Crippen molar-refractivity contribution in [3.8, 4) is 5.75 Å². The van der Waals surface area contributed by atoms with Crippen LogP contribution >= 0.6 is 0 Å². The second-order valence-corrected chi connectivity index (χ2v) is 4.55. The van der Waals surface area contributed by atoms with Crippen LogP contribution in [0.25, 0.3) is 0 Å². The van der Waals surface area contributed by atoms with Crippen LogP contribution < -0.4 is 10.1 Å². The third kappa shape index (κ3) is 3.81. The molecule has 0 atom stereocenters. The van der Waals surface area contributed by atoms with Gasteiger partial charge in [0.25, 0.3) is 11.6 Å². The summed E-state index contributed by atoms with van der Waals surface area (Å²) in [7, 11) is 1.41. The van der Waals surface area contributed by atoms with Crippen LogP contribution in [0.4, 0.5) is 5.69 Å². The van der Waals surface area contributed by atoms with Crippen LogP contribution in [0.1, 0.15) is 16.8 Å². The summed E-state index contributed by atoms with van der Waals surface area (Å²) in [5, 5.41) is 13.5. The normalized spacial score (nSPS) is 10.2. The van der Waals surface area contributed by atoms with Crippen molar-refractivity contribution in [2.45, 2.75) is 13.0 Å². The van der Waals surface area contributed by atoms with Gasteiger partial charge < -0.3 is 14.6 Å². The molecule has 1 aromatic carbocycles. The van der Waals surface area contributed by atoms with Gasteiger partial charge >= 0.3 is 0 Å². The summed E-state index contributed by atoms with van der Waals surface area (Å²) >= 11 is 0. The Morgan fingerprint density at radius 3 is 2.95 bits per heavy atom. The first-order valence-corrected chi connectivity index (χ1v) is 6.68. The van der Waals surface area contributed by atoms with Crippen molar-refractivity contribution in [3.63, 3.8) is 0 Å². The first-order chi connectivity index (χ1) is 10.6. The number of non-ortho nitro benzene ring substituents is 1. The summed E-state index contributed by atoms with van der Waals surface area (Å²) in [6, 6.07) is 3.93. The lowest BCUT2D eigenvalue weighted by molar-refractivity contribution is -0.384. The molecule has 0 saturated heterocycles. The highest BCUT2D eigenvalue weighted by molar-refractivity contribution is 5.97. The average Bonchev–Trinajstić information content (AvgIpc) is 3.04. The van der Waals surface area contributed by atoms with Gasteiger partial charge in [-0.15, -0.1) is 0 Å². The standard InChI is InChI=1S/C14H16N4O4/c1-22-13-4-3-11(18(20)21)9-12(13)14(19)16-5-2-7-17-8-6-15-10-17/h3-4,6,8-10H,2,5,7H2,1H3,(H,16,19). The number of carbonyl (C=O) groups is 1. The highest BCUT2D eigenvalue weighted by Crippen LogP contribution is 2.23.